The van der Waals surface area contributed by atoms with Gasteiger partial charge in [0.05, 0.1) is 15.2 Å². The molecular formula is C34H34BN2Si. The van der Waals surface area contributed by atoms with Gasteiger partial charge in [-0.15, -0.1) is 5.70 Å². The van der Waals surface area contributed by atoms with E-state index in [4.69, 9.17) is 4.98 Å². The summed E-state index contributed by atoms with van der Waals surface area (Å²) < 4.78 is 2.33. The van der Waals surface area contributed by atoms with Crippen LogP contribution in [-0.4, -0.2) is 26.4 Å². The Bertz CT molecular complexity index is 1320. The summed E-state index contributed by atoms with van der Waals surface area (Å²) in [6.45, 7) is 2.34. The summed E-state index contributed by atoms with van der Waals surface area (Å²) in [6, 6.07) is 43.2. The maximum Gasteiger partial charge on any atom is 0.215 e. The number of allylic oxidation sites excluding steroid dienone is 1. The van der Waals surface area contributed by atoms with Gasteiger partial charge < -0.3 is 4.57 Å². The van der Waals surface area contributed by atoms with Gasteiger partial charge in [-0.1, -0.05) is 134 Å². The smallest absolute Gasteiger partial charge is 0.215 e. The average Bonchev–Trinajstić information content (AvgIpc) is 3.43. The molecule has 0 aliphatic carbocycles. The van der Waals surface area contributed by atoms with Crippen LogP contribution in [0.3, 0.4) is 0 Å². The second kappa shape index (κ2) is 13.1. The second-order valence-electron chi connectivity index (χ2n) is 9.82. The zero-order chi connectivity index (χ0) is 26.0. The minimum absolute atomic E-state index is 0.174. The van der Waals surface area contributed by atoms with Gasteiger partial charge >= 0.3 is 0 Å². The first-order chi connectivity index (χ1) is 18.8. The highest BCUT2D eigenvalue weighted by molar-refractivity contribution is 6.54. The Labute approximate surface area is 230 Å². The van der Waals surface area contributed by atoms with Crippen LogP contribution in [0.2, 0.25) is 0 Å². The van der Waals surface area contributed by atoms with Crippen LogP contribution >= 0.6 is 0 Å². The van der Waals surface area contributed by atoms with Crippen molar-refractivity contribution in [3.63, 3.8) is 0 Å². The number of imidazole rings is 1. The molecule has 2 nitrogen and oxygen atoms in total. The molecule has 5 aromatic rings. The highest BCUT2D eigenvalue weighted by Gasteiger charge is 2.20. The van der Waals surface area contributed by atoms with E-state index in [1.165, 1.54) is 22.3 Å². The van der Waals surface area contributed by atoms with Crippen LogP contribution in [-0.2, 0) is 6.17 Å². The first-order valence-corrected chi connectivity index (χ1v) is 15.3. The van der Waals surface area contributed by atoms with Crippen LogP contribution in [0.25, 0.3) is 0 Å². The van der Waals surface area contributed by atoms with Gasteiger partial charge in [-0.25, -0.2) is 0 Å². The van der Waals surface area contributed by atoms with Gasteiger partial charge in [-0.05, 0) is 34.0 Å². The SMILES string of the molecule is CC(C=C[SiH2]Cn1ccnc1[B]C(c1ccccc1)c1ccccc1)C(c1ccccc1)c1ccccc1. The van der Waals surface area contributed by atoms with Gasteiger partial charge in [0, 0.05) is 24.5 Å². The normalized spacial score (nSPS) is 12.6. The molecule has 0 N–H and O–H groups in total. The fourth-order valence-electron chi connectivity index (χ4n) is 5.28. The first-order valence-electron chi connectivity index (χ1n) is 13.5. The van der Waals surface area contributed by atoms with Crippen LogP contribution in [0.15, 0.2) is 145 Å². The Morgan fingerprint density at radius 3 is 1.68 bits per heavy atom. The van der Waals surface area contributed by atoms with E-state index in [1.807, 2.05) is 6.20 Å². The van der Waals surface area contributed by atoms with Crippen molar-refractivity contribution < 1.29 is 0 Å². The lowest BCUT2D eigenvalue weighted by Gasteiger charge is -2.23. The lowest BCUT2D eigenvalue weighted by atomic mass is 9.58. The monoisotopic (exact) mass is 509 g/mol. The van der Waals surface area contributed by atoms with Gasteiger partial charge in [0.2, 0.25) is 7.28 Å². The van der Waals surface area contributed by atoms with Gasteiger partial charge in [0.25, 0.3) is 0 Å². The van der Waals surface area contributed by atoms with Crippen molar-refractivity contribution in [2.24, 2.45) is 5.92 Å². The summed E-state index contributed by atoms with van der Waals surface area (Å²) in [5.74, 6) is 0.951. The van der Waals surface area contributed by atoms with Crippen LogP contribution < -0.4 is 5.72 Å². The zero-order valence-corrected chi connectivity index (χ0v) is 23.4. The van der Waals surface area contributed by atoms with E-state index in [-0.39, 0.29) is 5.82 Å². The molecule has 0 saturated carbocycles. The Morgan fingerprint density at radius 2 is 1.18 bits per heavy atom. The van der Waals surface area contributed by atoms with Gasteiger partial charge in [-0.2, -0.15) is 0 Å². The Morgan fingerprint density at radius 1 is 0.711 bits per heavy atom. The second-order valence-corrected chi connectivity index (χ2v) is 11.3. The van der Waals surface area contributed by atoms with E-state index in [0.29, 0.717) is 11.8 Å². The van der Waals surface area contributed by atoms with E-state index >= 15 is 0 Å². The number of aromatic nitrogens is 2. The van der Waals surface area contributed by atoms with Gasteiger partial charge in [0.15, 0.2) is 0 Å². The molecule has 0 amide bonds. The molecule has 1 aromatic heterocycles. The van der Waals surface area contributed by atoms with Crippen LogP contribution in [0, 0.1) is 5.92 Å². The third-order valence-electron chi connectivity index (χ3n) is 7.20. The van der Waals surface area contributed by atoms with E-state index < -0.39 is 9.52 Å². The molecule has 0 saturated heterocycles. The molecule has 1 atom stereocenters. The van der Waals surface area contributed by atoms with E-state index in [9.17, 15) is 0 Å². The van der Waals surface area contributed by atoms with Crippen molar-refractivity contribution in [2.45, 2.75) is 24.8 Å². The molecule has 187 valence electrons. The van der Waals surface area contributed by atoms with Crippen molar-refractivity contribution in [3.8, 4) is 0 Å². The first kappa shape index (κ1) is 25.7. The molecule has 1 radical (unpaired) electrons. The molecule has 0 spiro atoms. The quantitative estimate of drug-likeness (QED) is 0.197. The summed E-state index contributed by atoms with van der Waals surface area (Å²) >= 11 is 0. The standard InChI is InChI=1S/C34H34BN2Si/c1-27(32(28-14-6-2-7-15-28)29-16-8-3-9-17-29)22-25-38-26-37-24-23-36-34(37)35-33(30-18-10-4-11-19-30)31-20-12-5-13-21-31/h2-25,27,32-33H,26,38H2,1H3. The third kappa shape index (κ3) is 6.51. The number of hydrogen-bond donors (Lipinski definition) is 0. The Hall–Kier alpha value is -3.89. The summed E-state index contributed by atoms with van der Waals surface area (Å²) in [5.41, 5.74) is 8.83. The zero-order valence-electron chi connectivity index (χ0n) is 22.0. The third-order valence-corrected chi connectivity index (χ3v) is 8.55. The van der Waals surface area contributed by atoms with E-state index in [0.717, 1.165) is 11.9 Å². The number of hydrogen-bond acceptors (Lipinski definition) is 1. The number of nitrogens with zero attached hydrogens (tertiary/aromatic N) is 2. The Balaban J connectivity index is 1.28. The predicted molar refractivity (Wildman–Crippen MR) is 164 cm³/mol. The predicted octanol–water partition coefficient (Wildman–Crippen LogP) is 6.11. The van der Waals surface area contributed by atoms with Gasteiger partial charge in [-0.3, -0.25) is 4.98 Å². The topological polar surface area (TPSA) is 17.8 Å². The summed E-state index contributed by atoms with van der Waals surface area (Å²) in [7, 11) is 1.86. The molecule has 1 unspecified atom stereocenters. The minimum atomic E-state index is -0.451. The fourth-order valence-corrected chi connectivity index (χ4v) is 6.71. The van der Waals surface area contributed by atoms with Crippen LogP contribution in [0.4, 0.5) is 0 Å². The molecule has 0 aliphatic rings. The van der Waals surface area contributed by atoms with E-state index in [2.05, 4.69) is 158 Å². The molecule has 4 aromatic carbocycles. The lowest BCUT2D eigenvalue weighted by Crippen LogP contribution is -2.32. The average molecular weight is 510 g/mol. The summed E-state index contributed by atoms with van der Waals surface area (Å²) in [5, 5.41) is 0. The van der Waals surface area contributed by atoms with Crippen molar-refractivity contribution in [1.82, 2.24) is 9.55 Å². The Kier molecular flexibility index (Phi) is 8.86. The number of rotatable bonds is 11. The number of benzene rings is 4. The van der Waals surface area contributed by atoms with Gasteiger partial charge in [0.1, 0.15) is 0 Å². The highest BCUT2D eigenvalue weighted by Crippen LogP contribution is 2.32. The maximum absolute atomic E-state index is 4.73. The van der Waals surface area contributed by atoms with Crippen LogP contribution in [0.5, 0.6) is 0 Å². The highest BCUT2D eigenvalue weighted by atomic mass is 28.2. The van der Waals surface area contributed by atoms with Crippen molar-refractivity contribution in [1.29, 1.82) is 0 Å². The molecule has 1 heterocycles. The van der Waals surface area contributed by atoms with Crippen molar-refractivity contribution in [2.75, 3.05) is 0 Å². The lowest BCUT2D eigenvalue weighted by molar-refractivity contribution is 0.625. The largest absolute Gasteiger partial charge is 0.347 e. The van der Waals surface area contributed by atoms with Crippen molar-refractivity contribution >= 4 is 22.5 Å². The van der Waals surface area contributed by atoms with Crippen molar-refractivity contribution in [3.05, 3.63) is 168 Å². The molecule has 0 aliphatic heterocycles. The molecule has 0 fully saturated rings. The summed E-state index contributed by atoms with van der Waals surface area (Å²) in [4.78, 5) is 4.73. The molecule has 4 heteroatoms. The minimum Gasteiger partial charge on any atom is -0.347 e. The maximum atomic E-state index is 4.73. The molecule has 38 heavy (non-hydrogen) atoms. The molecule has 5 rings (SSSR count). The fraction of sp³-hybridized carbons (Fsp3) is 0.147. The van der Waals surface area contributed by atoms with E-state index in [1.54, 1.807) is 0 Å². The summed E-state index contributed by atoms with van der Waals surface area (Å²) in [6.07, 6.45) is 7.53. The van der Waals surface area contributed by atoms with Crippen LogP contribution in [0.1, 0.15) is 40.9 Å². The molecule has 0 bridgehead atoms. The molecular weight excluding hydrogens is 475 g/mol.